The van der Waals surface area contributed by atoms with Gasteiger partial charge in [-0.05, 0) is 63.7 Å². The van der Waals surface area contributed by atoms with E-state index < -0.39 is 6.09 Å². The second-order valence-electron chi connectivity index (χ2n) is 7.44. The van der Waals surface area contributed by atoms with Crippen LogP contribution in [0.3, 0.4) is 0 Å². The molecule has 5 nitrogen and oxygen atoms in total. The number of nitrogens with zero attached hydrogens (tertiary/aromatic N) is 1. The molecule has 0 N–H and O–H groups in total. The van der Waals surface area contributed by atoms with E-state index in [1.165, 1.54) is 0 Å². The van der Waals surface area contributed by atoms with Crippen molar-refractivity contribution < 1.29 is 19.0 Å². The van der Waals surface area contributed by atoms with Gasteiger partial charge in [-0.2, -0.15) is 0 Å². The number of anilines is 1. The van der Waals surface area contributed by atoms with E-state index in [-0.39, 0.29) is 12.6 Å². The van der Waals surface area contributed by atoms with Gasteiger partial charge in [0.2, 0.25) is 0 Å². The van der Waals surface area contributed by atoms with E-state index in [0.717, 1.165) is 26.9 Å². The number of hydrogen-bond donors (Lipinski definition) is 0. The van der Waals surface area contributed by atoms with Crippen LogP contribution in [-0.4, -0.2) is 20.3 Å². The molecule has 0 fully saturated rings. The number of hydrogen-bond acceptors (Lipinski definition) is 4. The zero-order valence-electron chi connectivity index (χ0n) is 17.8. The average Bonchev–Trinajstić information content (AvgIpc) is 2.84. The summed E-state index contributed by atoms with van der Waals surface area (Å²) in [6.07, 6.45) is 0.910. The lowest BCUT2D eigenvalue weighted by Gasteiger charge is -2.38. The Morgan fingerprint density at radius 2 is 1.88 bits per heavy atom. The largest absolute Gasteiger partial charge is 0.497 e. The molecule has 0 bridgehead atoms. The van der Waals surface area contributed by atoms with Crippen LogP contribution in [0.25, 0.3) is 0 Å². The van der Waals surface area contributed by atoms with E-state index in [0.29, 0.717) is 29.3 Å². The van der Waals surface area contributed by atoms with Crippen LogP contribution in [0.5, 0.6) is 11.5 Å². The lowest BCUT2D eigenvalue weighted by molar-refractivity contribution is 0.143. The molecule has 1 amide bonds. The summed E-state index contributed by atoms with van der Waals surface area (Å²) in [5, 5.41) is 0.575. The molecule has 1 atom stereocenters. The lowest BCUT2D eigenvalue weighted by Crippen LogP contribution is -2.39. The number of rotatable bonds is 5. The molecule has 0 radical (unpaired) electrons. The van der Waals surface area contributed by atoms with Crippen molar-refractivity contribution in [1.82, 2.24) is 0 Å². The first-order chi connectivity index (χ1) is 15.5. The smallest absolute Gasteiger partial charge is 0.415 e. The third-order valence-electron chi connectivity index (χ3n) is 5.57. The van der Waals surface area contributed by atoms with Crippen molar-refractivity contribution in [2.24, 2.45) is 0 Å². The maximum Gasteiger partial charge on any atom is 0.415 e. The number of carbonyl (C=O) groups is 1. The molecule has 1 aliphatic heterocycles. The van der Waals surface area contributed by atoms with Crippen LogP contribution < -0.4 is 14.4 Å². The summed E-state index contributed by atoms with van der Waals surface area (Å²) in [6, 6.07) is 18.9. The molecule has 0 saturated heterocycles. The van der Waals surface area contributed by atoms with Gasteiger partial charge in [0.25, 0.3) is 0 Å². The van der Waals surface area contributed by atoms with E-state index in [2.05, 4.69) is 15.9 Å². The lowest BCUT2D eigenvalue weighted by atomic mass is 9.91. The summed E-state index contributed by atoms with van der Waals surface area (Å²) in [4.78, 5) is 15.2. The quantitative estimate of drug-likeness (QED) is 0.368. The van der Waals surface area contributed by atoms with Crippen LogP contribution in [0, 0.1) is 0 Å². The molecule has 3 aromatic rings. The molecule has 0 spiro atoms. The van der Waals surface area contributed by atoms with Crippen LogP contribution in [0.1, 0.15) is 29.2 Å². The Morgan fingerprint density at radius 3 is 2.59 bits per heavy atom. The fourth-order valence-electron chi connectivity index (χ4n) is 4.03. The Morgan fingerprint density at radius 1 is 1.09 bits per heavy atom. The monoisotopic (exact) mass is 515 g/mol. The number of fused-ring (bicyclic) bond motifs is 1. The molecule has 0 aliphatic carbocycles. The average molecular weight is 517 g/mol. The third-order valence-corrected chi connectivity index (χ3v) is 6.86. The fraction of sp³-hybridized carbons (Fsp3) is 0.240. The van der Waals surface area contributed by atoms with Crippen LogP contribution in [0.2, 0.25) is 5.02 Å². The van der Waals surface area contributed by atoms with Crippen LogP contribution >= 0.6 is 27.5 Å². The first-order valence-electron chi connectivity index (χ1n) is 10.2. The van der Waals surface area contributed by atoms with Crippen LogP contribution in [0.15, 0.2) is 65.1 Å². The van der Waals surface area contributed by atoms with Gasteiger partial charge >= 0.3 is 6.09 Å². The van der Waals surface area contributed by atoms with Gasteiger partial charge in [0.05, 0.1) is 31.0 Å². The number of methoxy groups -OCH3 is 2. The van der Waals surface area contributed by atoms with Crippen molar-refractivity contribution in [3.63, 3.8) is 0 Å². The maximum absolute atomic E-state index is 13.5. The highest BCUT2D eigenvalue weighted by molar-refractivity contribution is 9.10. The number of benzene rings is 3. The van der Waals surface area contributed by atoms with E-state index >= 15 is 0 Å². The number of ether oxygens (including phenoxy) is 3. The summed E-state index contributed by atoms with van der Waals surface area (Å²) in [6.45, 7) is 0.170. The molecule has 7 heteroatoms. The Labute approximate surface area is 201 Å². The number of carbonyl (C=O) groups excluding carboxylic acids is 1. The van der Waals surface area contributed by atoms with Gasteiger partial charge in [0.15, 0.2) is 0 Å². The van der Waals surface area contributed by atoms with Crippen molar-refractivity contribution in [2.75, 3.05) is 19.1 Å². The molecular weight excluding hydrogens is 494 g/mol. The minimum Gasteiger partial charge on any atom is -0.497 e. The van der Waals surface area contributed by atoms with Crippen molar-refractivity contribution >= 4 is 39.3 Å². The van der Waals surface area contributed by atoms with Crippen molar-refractivity contribution in [2.45, 2.75) is 25.5 Å². The highest BCUT2D eigenvalue weighted by Gasteiger charge is 2.37. The first-order valence-corrected chi connectivity index (χ1v) is 11.4. The standard InChI is InChI=1S/C25H23BrClNO4/c1-30-18-10-6-9-17(13-18)21-12-11-19-23(27)20(26)14-22(31-2)24(19)28(21)25(29)32-15-16-7-4-3-5-8-16/h3-10,13-14,21H,11-12,15H2,1-2H3. The normalized spacial score (nSPS) is 15.1. The predicted molar refractivity (Wildman–Crippen MR) is 129 cm³/mol. The van der Waals surface area contributed by atoms with Gasteiger partial charge in [-0.25, -0.2) is 4.79 Å². The molecule has 32 heavy (non-hydrogen) atoms. The molecule has 3 aromatic carbocycles. The molecule has 1 unspecified atom stereocenters. The summed E-state index contributed by atoms with van der Waals surface area (Å²) in [5.41, 5.74) is 3.36. The number of halogens is 2. The van der Waals surface area contributed by atoms with E-state index in [1.54, 1.807) is 25.2 Å². The predicted octanol–water partition coefficient (Wildman–Crippen LogP) is 6.95. The summed E-state index contributed by atoms with van der Waals surface area (Å²) < 4.78 is 17.5. The molecule has 166 valence electrons. The van der Waals surface area contributed by atoms with Gasteiger partial charge in [-0.1, -0.05) is 54.1 Å². The second kappa shape index (κ2) is 9.84. The minimum atomic E-state index is -0.459. The fourth-order valence-corrected chi connectivity index (χ4v) is 4.72. The van der Waals surface area contributed by atoms with Crippen LogP contribution in [0.4, 0.5) is 10.5 Å². The van der Waals surface area contributed by atoms with Gasteiger partial charge in [-0.15, -0.1) is 0 Å². The highest BCUT2D eigenvalue weighted by Crippen LogP contribution is 2.49. The molecule has 0 aromatic heterocycles. The summed E-state index contributed by atoms with van der Waals surface area (Å²) in [5.74, 6) is 1.28. The van der Waals surface area contributed by atoms with E-state index in [9.17, 15) is 4.79 Å². The third kappa shape index (κ3) is 4.43. The molecular formula is C25H23BrClNO4. The van der Waals surface area contributed by atoms with Crippen molar-refractivity contribution in [3.8, 4) is 11.5 Å². The molecule has 1 aliphatic rings. The summed E-state index contributed by atoms with van der Waals surface area (Å²) >= 11 is 10.1. The van der Waals surface area contributed by atoms with Crippen molar-refractivity contribution in [3.05, 3.63) is 86.8 Å². The minimum absolute atomic E-state index is 0.170. The van der Waals surface area contributed by atoms with E-state index in [1.807, 2.05) is 54.6 Å². The highest BCUT2D eigenvalue weighted by atomic mass is 79.9. The first kappa shape index (κ1) is 22.5. The van der Waals surface area contributed by atoms with Gasteiger partial charge in [-0.3, -0.25) is 4.90 Å². The van der Waals surface area contributed by atoms with Gasteiger partial charge in [0.1, 0.15) is 18.1 Å². The van der Waals surface area contributed by atoms with Gasteiger partial charge < -0.3 is 14.2 Å². The Kier molecular flexibility index (Phi) is 6.92. The molecule has 0 saturated carbocycles. The Hall–Kier alpha value is -2.70. The van der Waals surface area contributed by atoms with Gasteiger partial charge in [0, 0.05) is 4.47 Å². The summed E-state index contributed by atoms with van der Waals surface area (Å²) in [7, 11) is 3.21. The Bertz CT molecular complexity index is 1120. The second-order valence-corrected chi connectivity index (χ2v) is 8.68. The zero-order chi connectivity index (χ0) is 22.7. The Balaban J connectivity index is 1.77. The topological polar surface area (TPSA) is 48.0 Å². The molecule has 4 rings (SSSR count). The maximum atomic E-state index is 13.5. The van der Waals surface area contributed by atoms with Crippen LogP contribution in [-0.2, 0) is 17.8 Å². The zero-order valence-corrected chi connectivity index (χ0v) is 20.2. The van der Waals surface area contributed by atoms with Crippen molar-refractivity contribution in [1.29, 1.82) is 0 Å². The molecule has 1 heterocycles. The van der Waals surface area contributed by atoms with E-state index in [4.69, 9.17) is 25.8 Å². The number of amides is 1. The SMILES string of the molecule is COc1cccc(C2CCc3c(Cl)c(Br)cc(OC)c3N2C(=O)OCc2ccccc2)c1.